The number of rotatable bonds is 3. The molecule has 0 aliphatic carbocycles. The van der Waals surface area contributed by atoms with Crippen molar-refractivity contribution in [1.29, 1.82) is 0 Å². The van der Waals surface area contributed by atoms with E-state index in [2.05, 4.69) is 0 Å². The van der Waals surface area contributed by atoms with Crippen LogP contribution in [0.2, 0.25) is 0 Å². The number of Topliss-reactive ketones (excluding diaryl/α,β-unsaturated/α-hetero) is 1. The predicted octanol–water partition coefficient (Wildman–Crippen LogP) is -0.746. The number of ketones is 1. The lowest BCUT2D eigenvalue weighted by molar-refractivity contribution is -0.299. The van der Waals surface area contributed by atoms with Crippen LogP contribution in [-0.4, -0.2) is 16.9 Å². The maximum Gasteiger partial charge on any atom is 0.182 e. The molecule has 13 heavy (non-hydrogen) atoms. The Bertz CT molecular complexity index is 343. The molecule has 1 aromatic rings. The summed E-state index contributed by atoms with van der Waals surface area (Å²) in [6.07, 6.45) is -0.253. The molecule has 0 amide bonds. The van der Waals surface area contributed by atoms with Crippen molar-refractivity contribution in [3.63, 3.8) is 0 Å². The molecule has 0 heterocycles. The van der Waals surface area contributed by atoms with E-state index in [1.54, 1.807) is 6.07 Å². The second-order valence-electron chi connectivity index (χ2n) is 2.56. The number of hydrogen-bond donors (Lipinski definition) is 1. The number of aliphatic carboxylic acids is 1. The van der Waals surface area contributed by atoms with Gasteiger partial charge in [-0.05, 0) is 17.7 Å². The first-order valence-electron chi connectivity index (χ1n) is 3.61. The molecule has 0 radical (unpaired) electrons. The highest BCUT2D eigenvalue weighted by Gasteiger charge is 2.04. The van der Waals surface area contributed by atoms with Crippen LogP contribution in [0, 0.1) is 0 Å². The van der Waals surface area contributed by atoms with Gasteiger partial charge in [0.1, 0.15) is 11.7 Å². The van der Waals surface area contributed by atoms with E-state index in [-0.39, 0.29) is 12.2 Å². The molecule has 4 nitrogen and oxygen atoms in total. The van der Waals surface area contributed by atoms with Crippen LogP contribution in [0.15, 0.2) is 24.3 Å². The highest BCUT2D eigenvalue weighted by molar-refractivity contribution is 6.32. The first-order valence-corrected chi connectivity index (χ1v) is 3.61. The summed E-state index contributed by atoms with van der Waals surface area (Å²) in [5, 5.41) is 19.1. The first kappa shape index (κ1) is 9.25. The SMILES string of the molecule is O=C([O-])C(=O)Cc1cccc(O)c1. The lowest BCUT2D eigenvalue weighted by Crippen LogP contribution is -2.32. The summed E-state index contributed by atoms with van der Waals surface area (Å²) in [5.41, 5.74) is 0.453. The average Bonchev–Trinajstić information content (AvgIpc) is 2.04. The average molecular weight is 179 g/mol. The molecule has 0 aliphatic rings. The quantitative estimate of drug-likeness (QED) is 0.619. The van der Waals surface area contributed by atoms with Gasteiger partial charge in [-0.25, -0.2) is 0 Å². The van der Waals surface area contributed by atoms with E-state index in [0.717, 1.165) is 0 Å². The Morgan fingerprint density at radius 2 is 2.08 bits per heavy atom. The topological polar surface area (TPSA) is 77.4 Å². The number of hydrogen-bond acceptors (Lipinski definition) is 4. The second kappa shape index (κ2) is 3.71. The highest BCUT2D eigenvalue weighted by atomic mass is 16.4. The van der Waals surface area contributed by atoms with E-state index >= 15 is 0 Å². The van der Waals surface area contributed by atoms with Crippen molar-refractivity contribution < 1.29 is 19.8 Å². The predicted molar refractivity (Wildman–Crippen MR) is 41.8 cm³/mol. The molecular formula is C9H7O4-. The summed E-state index contributed by atoms with van der Waals surface area (Å²) >= 11 is 0. The highest BCUT2D eigenvalue weighted by Crippen LogP contribution is 2.11. The summed E-state index contributed by atoms with van der Waals surface area (Å²) in [7, 11) is 0. The Hall–Kier alpha value is -1.84. The number of phenolic OH excluding ortho intramolecular Hbond substituents is 1. The van der Waals surface area contributed by atoms with Crippen molar-refractivity contribution >= 4 is 11.8 Å². The van der Waals surface area contributed by atoms with Gasteiger partial charge >= 0.3 is 0 Å². The van der Waals surface area contributed by atoms with Crippen LogP contribution in [0.25, 0.3) is 0 Å². The van der Waals surface area contributed by atoms with Crippen LogP contribution in [0.4, 0.5) is 0 Å². The summed E-state index contributed by atoms with van der Waals surface area (Å²) in [5.74, 6) is -2.70. The van der Waals surface area contributed by atoms with Gasteiger partial charge in [-0.3, -0.25) is 4.79 Å². The van der Waals surface area contributed by atoms with Crippen molar-refractivity contribution in [2.75, 3.05) is 0 Å². The van der Waals surface area contributed by atoms with E-state index in [1.165, 1.54) is 18.2 Å². The number of benzene rings is 1. The molecule has 1 aromatic carbocycles. The molecule has 0 aromatic heterocycles. The standard InChI is InChI=1S/C9H8O4/c10-7-3-1-2-6(4-7)5-8(11)9(12)13/h1-4,10H,5H2,(H,12,13)/p-1. The third-order valence-electron chi connectivity index (χ3n) is 1.50. The van der Waals surface area contributed by atoms with Crippen molar-refractivity contribution in [3.8, 4) is 5.75 Å². The molecule has 0 spiro atoms. The molecular weight excluding hydrogens is 172 g/mol. The zero-order chi connectivity index (χ0) is 9.84. The van der Waals surface area contributed by atoms with Gasteiger partial charge in [0, 0.05) is 6.42 Å². The normalized spacial score (nSPS) is 9.54. The Morgan fingerprint density at radius 3 is 2.62 bits per heavy atom. The molecule has 1 N–H and O–H groups in total. The minimum atomic E-state index is -1.71. The minimum Gasteiger partial charge on any atom is -0.542 e. The molecule has 0 bridgehead atoms. The van der Waals surface area contributed by atoms with Gasteiger partial charge < -0.3 is 15.0 Å². The molecule has 4 heteroatoms. The van der Waals surface area contributed by atoms with E-state index in [0.29, 0.717) is 5.56 Å². The molecule has 0 unspecified atom stereocenters. The van der Waals surface area contributed by atoms with Crippen molar-refractivity contribution in [2.45, 2.75) is 6.42 Å². The third kappa shape index (κ3) is 2.59. The third-order valence-corrected chi connectivity index (χ3v) is 1.50. The Kier molecular flexibility index (Phi) is 2.64. The number of carbonyl (C=O) groups excluding carboxylic acids is 2. The number of carboxylic acid groups (broad SMARTS) is 1. The fourth-order valence-electron chi connectivity index (χ4n) is 0.924. The first-order chi connectivity index (χ1) is 6.09. The van der Waals surface area contributed by atoms with Crippen molar-refractivity contribution in [2.24, 2.45) is 0 Å². The number of phenols is 1. The lowest BCUT2D eigenvalue weighted by Gasteiger charge is -2.01. The molecule has 1 rings (SSSR count). The van der Waals surface area contributed by atoms with Crippen LogP contribution in [0.3, 0.4) is 0 Å². The molecule has 0 saturated carbocycles. The van der Waals surface area contributed by atoms with Crippen molar-refractivity contribution in [1.82, 2.24) is 0 Å². The molecule has 0 aliphatic heterocycles. The Morgan fingerprint density at radius 1 is 1.38 bits per heavy atom. The molecule has 0 fully saturated rings. The number of carbonyl (C=O) groups is 2. The zero-order valence-electron chi connectivity index (χ0n) is 6.69. The summed E-state index contributed by atoms with van der Waals surface area (Å²) < 4.78 is 0. The smallest absolute Gasteiger partial charge is 0.182 e. The monoisotopic (exact) mass is 179 g/mol. The van der Waals surface area contributed by atoms with Gasteiger partial charge in [-0.1, -0.05) is 12.1 Å². The Labute approximate surface area is 74.4 Å². The van der Waals surface area contributed by atoms with Gasteiger partial charge in [0.05, 0.1) is 0 Å². The molecule has 0 saturated heterocycles. The zero-order valence-corrected chi connectivity index (χ0v) is 6.69. The van der Waals surface area contributed by atoms with Gasteiger partial charge in [-0.15, -0.1) is 0 Å². The Balaban J connectivity index is 2.75. The van der Waals surface area contributed by atoms with E-state index < -0.39 is 11.8 Å². The van der Waals surface area contributed by atoms with Crippen LogP contribution in [-0.2, 0) is 16.0 Å². The minimum absolute atomic E-state index is 0.00338. The van der Waals surface area contributed by atoms with E-state index in [4.69, 9.17) is 5.11 Å². The van der Waals surface area contributed by atoms with Gasteiger partial charge in [0.2, 0.25) is 0 Å². The summed E-state index contributed by atoms with van der Waals surface area (Å²) in [4.78, 5) is 20.7. The lowest BCUT2D eigenvalue weighted by atomic mass is 10.1. The summed E-state index contributed by atoms with van der Waals surface area (Å²) in [6, 6.07) is 5.86. The number of carboxylic acids is 1. The molecule has 0 atom stereocenters. The molecule has 68 valence electrons. The fraction of sp³-hybridized carbons (Fsp3) is 0.111. The number of aromatic hydroxyl groups is 1. The fourth-order valence-corrected chi connectivity index (χ4v) is 0.924. The van der Waals surface area contributed by atoms with Crippen LogP contribution >= 0.6 is 0 Å². The van der Waals surface area contributed by atoms with Crippen LogP contribution < -0.4 is 5.11 Å². The largest absolute Gasteiger partial charge is 0.542 e. The van der Waals surface area contributed by atoms with Gasteiger partial charge in [-0.2, -0.15) is 0 Å². The van der Waals surface area contributed by atoms with Gasteiger partial charge in [0.25, 0.3) is 0 Å². The van der Waals surface area contributed by atoms with E-state index in [1.807, 2.05) is 0 Å². The maximum absolute atomic E-state index is 10.7. The van der Waals surface area contributed by atoms with Crippen LogP contribution in [0.1, 0.15) is 5.56 Å². The van der Waals surface area contributed by atoms with E-state index in [9.17, 15) is 14.7 Å². The van der Waals surface area contributed by atoms with Crippen LogP contribution in [0.5, 0.6) is 5.75 Å². The summed E-state index contributed by atoms with van der Waals surface area (Å²) in [6.45, 7) is 0. The van der Waals surface area contributed by atoms with Gasteiger partial charge in [0.15, 0.2) is 5.78 Å². The van der Waals surface area contributed by atoms with Crippen molar-refractivity contribution in [3.05, 3.63) is 29.8 Å². The second-order valence-corrected chi connectivity index (χ2v) is 2.56. The maximum atomic E-state index is 10.7.